The van der Waals surface area contributed by atoms with E-state index in [1.54, 1.807) is 23.2 Å². The van der Waals surface area contributed by atoms with Crippen molar-refractivity contribution < 1.29 is 9.59 Å². The van der Waals surface area contributed by atoms with Crippen LogP contribution in [0.1, 0.15) is 37.0 Å². The maximum absolute atomic E-state index is 13.2. The number of nitrogen functional groups attached to an aromatic ring is 1. The van der Waals surface area contributed by atoms with Gasteiger partial charge in [-0.05, 0) is 37.1 Å². The first-order chi connectivity index (χ1) is 13.5. The Balaban J connectivity index is 1.89. The molecule has 6 nitrogen and oxygen atoms in total. The Kier molecular flexibility index (Phi) is 6.19. The smallest absolute Gasteiger partial charge is 0.254 e. The summed E-state index contributed by atoms with van der Waals surface area (Å²) >= 11 is 6.08. The number of carbonyl (C=O) groups is 2. The third-order valence-electron chi connectivity index (χ3n) is 5.10. The van der Waals surface area contributed by atoms with E-state index in [9.17, 15) is 9.59 Å². The molecular weight excluding hydrogens is 376 g/mol. The zero-order valence-electron chi connectivity index (χ0n) is 16.2. The van der Waals surface area contributed by atoms with Crippen LogP contribution in [-0.2, 0) is 4.79 Å². The normalized spacial score (nSPS) is 17.1. The van der Waals surface area contributed by atoms with Crippen LogP contribution < -0.4 is 5.73 Å². The van der Waals surface area contributed by atoms with E-state index in [0.717, 1.165) is 17.5 Å². The summed E-state index contributed by atoms with van der Waals surface area (Å²) in [6.45, 7) is 5.77. The van der Waals surface area contributed by atoms with Crippen LogP contribution in [0.3, 0.4) is 0 Å². The Morgan fingerprint density at radius 2 is 2.04 bits per heavy atom. The van der Waals surface area contributed by atoms with Crippen molar-refractivity contribution in [3.05, 3.63) is 47.1 Å². The van der Waals surface area contributed by atoms with Gasteiger partial charge in [-0.2, -0.15) is 0 Å². The van der Waals surface area contributed by atoms with Gasteiger partial charge >= 0.3 is 0 Å². The third-order valence-corrected chi connectivity index (χ3v) is 5.40. The van der Waals surface area contributed by atoms with E-state index in [0.29, 0.717) is 36.6 Å². The molecule has 7 heteroatoms. The van der Waals surface area contributed by atoms with E-state index in [2.05, 4.69) is 4.98 Å². The van der Waals surface area contributed by atoms with Crippen LogP contribution in [0.15, 0.2) is 36.5 Å². The second kappa shape index (κ2) is 8.61. The summed E-state index contributed by atoms with van der Waals surface area (Å²) in [6, 6.07) is 8.64. The highest BCUT2D eigenvalue weighted by Crippen LogP contribution is 2.27. The van der Waals surface area contributed by atoms with Gasteiger partial charge in [0.25, 0.3) is 5.91 Å². The van der Waals surface area contributed by atoms with Crippen molar-refractivity contribution in [2.45, 2.75) is 32.7 Å². The number of piperazine rings is 1. The van der Waals surface area contributed by atoms with Crippen molar-refractivity contribution in [3.63, 3.8) is 0 Å². The maximum Gasteiger partial charge on any atom is 0.254 e. The molecule has 2 amide bonds. The van der Waals surface area contributed by atoms with Crippen molar-refractivity contribution in [1.82, 2.24) is 14.8 Å². The van der Waals surface area contributed by atoms with E-state index >= 15 is 0 Å². The highest BCUT2D eigenvalue weighted by atomic mass is 35.5. The minimum atomic E-state index is -0.400. The Hall–Kier alpha value is -2.60. The van der Waals surface area contributed by atoms with E-state index < -0.39 is 6.04 Å². The lowest BCUT2D eigenvalue weighted by atomic mass is 10.0. The molecule has 0 saturated carbocycles. The summed E-state index contributed by atoms with van der Waals surface area (Å²) in [6.07, 6.45) is 3.14. The molecule has 1 aliphatic heterocycles. The Bertz CT molecular complexity index is 886. The molecule has 3 rings (SSSR count). The molecule has 1 aromatic carbocycles. The molecule has 2 heterocycles. The van der Waals surface area contributed by atoms with Gasteiger partial charge in [-0.25, -0.2) is 4.98 Å². The van der Waals surface area contributed by atoms with Crippen LogP contribution in [0, 0.1) is 0 Å². The number of nitrogens with zero attached hydrogens (tertiary/aromatic N) is 3. The summed E-state index contributed by atoms with van der Waals surface area (Å²) in [4.78, 5) is 33.6. The fourth-order valence-electron chi connectivity index (χ4n) is 3.55. The molecule has 1 atom stereocenters. The Morgan fingerprint density at radius 3 is 2.71 bits per heavy atom. The van der Waals surface area contributed by atoms with Crippen LogP contribution in [0.25, 0.3) is 11.1 Å². The Morgan fingerprint density at radius 1 is 1.25 bits per heavy atom. The van der Waals surface area contributed by atoms with Crippen molar-refractivity contribution in [2.75, 3.05) is 25.4 Å². The molecule has 148 valence electrons. The largest absolute Gasteiger partial charge is 0.382 e. The van der Waals surface area contributed by atoms with Gasteiger partial charge in [0.05, 0.1) is 5.02 Å². The van der Waals surface area contributed by atoms with E-state index in [4.69, 9.17) is 17.3 Å². The first kappa shape index (κ1) is 20.1. The maximum atomic E-state index is 13.2. The van der Waals surface area contributed by atoms with Crippen molar-refractivity contribution in [3.8, 4) is 11.1 Å². The van der Waals surface area contributed by atoms with Crippen LogP contribution in [0.2, 0.25) is 5.02 Å². The molecule has 28 heavy (non-hydrogen) atoms. The van der Waals surface area contributed by atoms with E-state index in [1.165, 1.54) is 0 Å². The first-order valence-corrected chi connectivity index (χ1v) is 9.95. The number of anilines is 1. The molecule has 1 unspecified atom stereocenters. The fraction of sp³-hybridized carbons (Fsp3) is 0.381. The molecule has 0 spiro atoms. The number of benzene rings is 1. The van der Waals surface area contributed by atoms with Crippen LogP contribution in [0.4, 0.5) is 5.82 Å². The standard InChI is InChI=1S/C21H25ClN4O2/c1-3-6-18-21(28)25(4-2)9-10-26(18)20(27)15-8-5-7-14(11-15)16-12-17(22)19(23)24-13-16/h5,7-8,11-13,18H,3-4,6,9-10H2,1-2H3,(H2,23,24). The van der Waals surface area contributed by atoms with E-state index in [1.807, 2.05) is 36.9 Å². The molecule has 0 aliphatic carbocycles. The van der Waals surface area contributed by atoms with Crippen LogP contribution in [0.5, 0.6) is 0 Å². The predicted octanol–water partition coefficient (Wildman–Crippen LogP) is 3.46. The second-order valence-corrected chi connectivity index (χ2v) is 7.30. The third kappa shape index (κ3) is 3.97. The molecule has 0 bridgehead atoms. The molecule has 1 saturated heterocycles. The monoisotopic (exact) mass is 400 g/mol. The number of hydrogen-bond acceptors (Lipinski definition) is 4. The minimum absolute atomic E-state index is 0.0367. The van der Waals surface area contributed by atoms with Crippen molar-refractivity contribution >= 4 is 29.2 Å². The average Bonchev–Trinajstić information content (AvgIpc) is 2.71. The van der Waals surface area contributed by atoms with Gasteiger partial charge in [-0.3, -0.25) is 9.59 Å². The van der Waals surface area contributed by atoms with Crippen molar-refractivity contribution in [1.29, 1.82) is 0 Å². The number of pyridine rings is 1. The molecule has 1 aliphatic rings. The predicted molar refractivity (Wildman–Crippen MR) is 111 cm³/mol. The molecule has 2 N–H and O–H groups in total. The lowest BCUT2D eigenvalue weighted by Gasteiger charge is -2.40. The molecule has 2 aromatic rings. The molecule has 0 radical (unpaired) electrons. The second-order valence-electron chi connectivity index (χ2n) is 6.89. The topological polar surface area (TPSA) is 79.5 Å². The lowest BCUT2D eigenvalue weighted by molar-refractivity contribution is -0.140. The number of carbonyl (C=O) groups excluding carboxylic acids is 2. The fourth-order valence-corrected chi connectivity index (χ4v) is 3.72. The van der Waals surface area contributed by atoms with Crippen molar-refractivity contribution in [2.24, 2.45) is 0 Å². The summed E-state index contributed by atoms with van der Waals surface area (Å²) in [5.41, 5.74) is 7.84. The van der Waals surface area contributed by atoms with Crippen LogP contribution >= 0.6 is 11.6 Å². The van der Waals surface area contributed by atoms with Gasteiger partial charge in [0.15, 0.2) is 0 Å². The average molecular weight is 401 g/mol. The lowest BCUT2D eigenvalue weighted by Crippen LogP contribution is -2.58. The zero-order chi connectivity index (χ0) is 20.3. The van der Waals surface area contributed by atoms with E-state index in [-0.39, 0.29) is 17.6 Å². The highest BCUT2D eigenvalue weighted by Gasteiger charge is 2.36. The van der Waals surface area contributed by atoms with Gasteiger partial charge in [-0.1, -0.05) is 37.1 Å². The van der Waals surface area contributed by atoms with Crippen LogP contribution in [-0.4, -0.2) is 52.3 Å². The number of aromatic nitrogens is 1. The van der Waals surface area contributed by atoms with Gasteiger partial charge in [-0.15, -0.1) is 0 Å². The van der Waals surface area contributed by atoms with Gasteiger partial charge < -0.3 is 15.5 Å². The zero-order valence-corrected chi connectivity index (χ0v) is 16.9. The van der Waals surface area contributed by atoms with Gasteiger partial charge in [0.2, 0.25) is 5.91 Å². The van der Waals surface area contributed by atoms with Gasteiger partial charge in [0.1, 0.15) is 11.9 Å². The molecule has 1 fully saturated rings. The SMILES string of the molecule is CCCC1C(=O)N(CC)CCN1C(=O)c1cccc(-c2cnc(N)c(Cl)c2)c1. The Labute approximate surface area is 170 Å². The summed E-state index contributed by atoms with van der Waals surface area (Å²) in [5.74, 6) is 0.181. The quantitative estimate of drug-likeness (QED) is 0.833. The number of likely N-dealkylation sites (N-methyl/N-ethyl adjacent to an activating group) is 1. The first-order valence-electron chi connectivity index (χ1n) is 9.57. The van der Waals surface area contributed by atoms with Gasteiger partial charge in [0, 0.05) is 37.0 Å². The summed E-state index contributed by atoms with van der Waals surface area (Å²) in [5, 5.41) is 0.374. The minimum Gasteiger partial charge on any atom is -0.382 e. The molecular formula is C21H25ClN4O2. The number of rotatable bonds is 5. The highest BCUT2D eigenvalue weighted by molar-refractivity contribution is 6.33. The summed E-state index contributed by atoms with van der Waals surface area (Å²) in [7, 11) is 0. The molecule has 1 aromatic heterocycles. The summed E-state index contributed by atoms with van der Waals surface area (Å²) < 4.78 is 0. The number of nitrogens with two attached hydrogens (primary N) is 1. The number of halogens is 1. The number of hydrogen-bond donors (Lipinski definition) is 1. The number of amides is 2.